The van der Waals surface area contributed by atoms with E-state index >= 15 is 0 Å². The Bertz CT molecular complexity index is 618. The first-order valence-electron chi connectivity index (χ1n) is 12.1. The van der Waals surface area contributed by atoms with Gasteiger partial charge in [-0.05, 0) is 105 Å². The maximum absolute atomic E-state index is 10.2. The fourth-order valence-electron chi connectivity index (χ4n) is 8.40. The zero-order valence-electron chi connectivity index (χ0n) is 19.0. The van der Waals surface area contributed by atoms with Gasteiger partial charge in [-0.1, -0.05) is 46.3 Å². The van der Waals surface area contributed by atoms with Gasteiger partial charge in [0.1, 0.15) is 0 Å². The van der Waals surface area contributed by atoms with Crippen LogP contribution in [0.25, 0.3) is 0 Å². The molecule has 4 aliphatic rings. The van der Waals surface area contributed by atoms with Crippen LogP contribution in [0.2, 0.25) is 0 Å². The number of aliphatic hydroxyl groups excluding tert-OH is 1. The second-order valence-corrected chi connectivity index (χ2v) is 13.4. The molecule has 0 spiro atoms. The quantitative estimate of drug-likeness (QED) is 0.380. The van der Waals surface area contributed by atoms with Crippen molar-refractivity contribution in [3.8, 4) is 0 Å². The Morgan fingerprint density at radius 2 is 1.89 bits per heavy atom. The fourth-order valence-corrected chi connectivity index (χ4v) is 8.53. The zero-order chi connectivity index (χ0) is 20.3. The Hall–Kier alpha value is 0.0500. The highest BCUT2D eigenvalue weighted by atomic mass is 32.1. The normalized spacial score (nSPS) is 47.0. The summed E-state index contributed by atoms with van der Waals surface area (Å²) in [5.41, 5.74) is 2.54. The third kappa shape index (κ3) is 3.53. The van der Waals surface area contributed by atoms with E-state index < -0.39 is 0 Å². The van der Waals surface area contributed by atoms with Crippen LogP contribution in [-0.2, 0) is 0 Å². The van der Waals surface area contributed by atoms with Gasteiger partial charge >= 0.3 is 0 Å². The molecule has 0 aromatic rings. The Morgan fingerprint density at radius 3 is 2.61 bits per heavy atom. The van der Waals surface area contributed by atoms with Crippen molar-refractivity contribution in [1.82, 2.24) is 0 Å². The summed E-state index contributed by atoms with van der Waals surface area (Å²) >= 11 is 4.78. The Labute approximate surface area is 179 Å². The van der Waals surface area contributed by atoms with Crippen molar-refractivity contribution in [2.24, 2.45) is 40.4 Å². The lowest BCUT2D eigenvalue weighted by atomic mass is 9.47. The van der Waals surface area contributed by atoms with E-state index in [-0.39, 0.29) is 10.9 Å². The third-order valence-corrected chi connectivity index (χ3v) is 10.3. The third-order valence-electron chi connectivity index (χ3n) is 10.0. The molecule has 0 amide bonds. The summed E-state index contributed by atoms with van der Waals surface area (Å²) in [6, 6.07) is 0. The van der Waals surface area contributed by atoms with Gasteiger partial charge in [0, 0.05) is 4.75 Å². The molecule has 4 rings (SSSR count). The number of fused-ring (bicyclic) bond motifs is 5. The van der Waals surface area contributed by atoms with Gasteiger partial charge in [-0.3, -0.25) is 0 Å². The first-order valence-corrected chi connectivity index (χ1v) is 12.6. The Kier molecular flexibility index (Phi) is 5.57. The van der Waals surface area contributed by atoms with Gasteiger partial charge in [-0.15, -0.1) is 0 Å². The molecule has 4 unspecified atom stereocenters. The van der Waals surface area contributed by atoms with Crippen molar-refractivity contribution >= 4 is 12.6 Å². The molecular formula is C26H44OS. The number of hydrogen-bond acceptors (Lipinski definition) is 2. The van der Waals surface area contributed by atoms with Crippen LogP contribution >= 0.6 is 12.6 Å². The van der Waals surface area contributed by atoms with Crippen molar-refractivity contribution in [1.29, 1.82) is 0 Å². The summed E-state index contributed by atoms with van der Waals surface area (Å²) in [6.45, 7) is 12.3. The molecule has 0 saturated heterocycles. The van der Waals surface area contributed by atoms with Gasteiger partial charge < -0.3 is 5.11 Å². The van der Waals surface area contributed by atoms with Gasteiger partial charge in [0.15, 0.2) is 0 Å². The molecule has 8 atom stereocenters. The molecule has 3 fully saturated rings. The van der Waals surface area contributed by atoms with Crippen LogP contribution in [-0.4, -0.2) is 16.0 Å². The van der Waals surface area contributed by atoms with Crippen molar-refractivity contribution in [2.75, 3.05) is 0 Å². The Morgan fingerprint density at radius 1 is 1.14 bits per heavy atom. The molecule has 0 radical (unpaired) electrons. The molecule has 1 N–H and O–H groups in total. The SMILES string of the molecule is CC(CCC(C)(C)S)[C@H]1CCC2C3CC=C4C[C@@H](O)CC[C@]4(C)C3CC[C@@]21C. The summed E-state index contributed by atoms with van der Waals surface area (Å²) in [6.07, 6.45) is 15.3. The van der Waals surface area contributed by atoms with E-state index in [1.807, 2.05) is 0 Å². The van der Waals surface area contributed by atoms with Crippen molar-refractivity contribution in [2.45, 2.75) is 110 Å². The van der Waals surface area contributed by atoms with Crippen LogP contribution in [0.4, 0.5) is 0 Å². The van der Waals surface area contributed by atoms with Crippen molar-refractivity contribution in [3.05, 3.63) is 11.6 Å². The van der Waals surface area contributed by atoms with Gasteiger partial charge in [-0.25, -0.2) is 0 Å². The summed E-state index contributed by atoms with van der Waals surface area (Å²) in [5.74, 6) is 4.41. The second kappa shape index (κ2) is 7.33. The first-order chi connectivity index (χ1) is 13.0. The molecule has 0 aromatic heterocycles. The highest BCUT2D eigenvalue weighted by molar-refractivity contribution is 7.81. The predicted octanol–water partition coefficient (Wildman–Crippen LogP) is 7.05. The average Bonchev–Trinajstić information content (AvgIpc) is 2.97. The fraction of sp³-hybridized carbons (Fsp3) is 0.923. The lowest BCUT2D eigenvalue weighted by Crippen LogP contribution is -2.50. The van der Waals surface area contributed by atoms with E-state index in [0.29, 0.717) is 10.8 Å². The molecule has 0 heterocycles. The average molecular weight is 405 g/mol. The summed E-state index contributed by atoms with van der Waals surface area (Å²) < 4.78 is 0.162. The minimum absolute atomic E-state index is 0.0856. The molecule has 3 saturated carbocycles. The van der Waals surface area contributed by atoms with Gasteiger partial charge in [0.05, 0.1) is 6.10 Å². The lowest BCUT2D eigenvalue weighted by Gasteiger charge is -2.58. The number of hydrogen-bond donors (Lipinski definition) is 2. The molecule has 160 valence electrons. The van der Waals surface area contributed by atoms with Crippen LogP contribution in [0.3, 0.4) is 0 Å². The highest BCUT2D eigenvalue weighted by Gasteiger charge is 2.59. The highest BCUT2D eigenvalue weighted by Crippen LogP contribution is 2.67. The van der Waals surface area contributed by atoms with Crippen molar-refractivity contribution < 1.29 is 5.11 Å². The minimum atomic E-state index is -0.0856. The second-order valence-electron chi connectivity index (χ2n) is 12.2. The van der Waals surface area contributed by atoms with E-state index in [9.17, 15) is 5.11 Å². The summed E-state index contributed by atoms with van der Waals surface area (Å²) in [4.78, 5) is 0. The number of aliphatic hydroxyl groups is 1. The number of thiol groups is 1. The van der Waals surface area contributed by atoms with Gasteiger partial charge in [-0.2, -0.15) is 12.6 Å². The molecule has 28 heavy (non-hydrogen) atoms. The molecule has 0 aliphatic heterocycles. The minimum Gasteiger partial charge on any atom is -0.393 e. The van der Waals surface area contributed by atoms with Crippen LogP contribution in [0.15, 0.2) is 11.6 Å². The largest absolute Gasteiger partial charge is 0.393 e. The van der Waals surface area contributed by atoms with E-state index in [0.717, 1.165) is 42.4 Å². The molecule has 1 nitrogen and oxygen atoms in total. The molecular weight excluding hydrogens is 360 g/mol. The number of rotatable bonds is 4. The van der Waals surface area contributed by atoms with E-state index in [4.69, 9.17) is 12.6 Å². The van der Waals surface area contributed by atoms with Gasteiger partial charge in [0.2, 0.25) is 0 Å². The van der Waals surface area contributed by atoms with E-state index in [2.05, 4.69) is 40.7 Å². The van der Waals surface area contributed by atoms with Gasteiger partial charge in [0.25, 0.3) is 0 Å². The monoisotopic (exact) mass is 404 g/mol. The lowest BCUT2D eigenvalue weighted by molar-refractivity contribution is -0.0573. The topological polar surface area (TPSA) is 20.2 Å². The van der Waals surface area contributed by atoms with E-state index in [1.54, 1.807) is 5.57 Å². The molecule has 0 aromatic carbocycles. The number of allylic oxidation sites excluding steroid dienone is 1. The zero-order valence-corrected chi connectivity index (χ0v) is 19.9. The molecule has 2 heteroatoms. The Balaban J connectivity index is 1.52. The smallest absolute Gasteiger partial charge is 0.0577 e. The maximum atomic E-state index is 10.2. The first kappa shape index (κ1) is 21.3. The molecule has 0 bridgehead atoms. The predicted molar refractivity (Wildman–Crippen MR) is 123 cm³/mol. The summed E-state index contributed by atoms with van der Waals surface area (Å²) in [5, 5.41) is 10.2. The van der Waals surface area contributed by atoms with Crippen LogP contribution in [0.5, 0.6) is 0 Å². The van der Waals surface area contributed by atoms with Crippen LogP contribution in [0.1, 0.15) is 98.8 Å². The van der Waals surface area contributed by atoms with Crippen LogP contribution < -0.4 is 0 Å². The maximum Gasteiger partial charge on any atom is 0.0577 e. The summed E-state index contributed by atoms with van der Waals surface area (Å²) in [7, 11) is 0. The van der Waals surface area contributed by atoms with E-state index in [1.165, 1.54) is 51.4 Å². The standard InChI is InChI=1S/C26H44OS/c1-17(10-13-24(2,3)28)21-8-9-22-20-7-6-18-16-19(27)11-14-25(18,4)23(20)12-15-26(21,22)5/h6,17,19-23,27-28H,7-16H2,1-5H3/t17?,19-,20?,21+,22?,23?,25-,26+/m0/s1. The van der Waals surface area contributed by atoms with Crippen LogP contribution in [0, 0.1) is 40.4 Å². The molecule has 4 aliphatic carbocycles. The van der Waals surface area contributed by atoms with Crippen molar-refractivity contribution in [3.63, 3.8) is 0 Å².